The van der Waals surface area contributed by atoms with Crippen molar-refractivity contribution in [3.63, 3.8) is 0 Å². The van der Waals surface area contributed by atoms with Crippen LogP contribution in [0.4, 0.5) is 0 Å². The van der Waals surface area contributed by atoms with E-state index in [4.69, 9.17) is 0 Å². The highest BCUT2D eigenvalue weighted by molar-refractivity contribution is 5.78. The van der Waals surface area contributed by atoms with Crippen LogP contribution in [0, 0.1) is 0 Å². The van der Waals surface area contributed by atoms with Gasteiger partial charge in [-0.25, -0.2) is 4.68 Å². The van der Waals surface area contributed by atoms with E-state index in [1.807, 2.05) is 6.92 Å². The van der Waals surface area contributed by atoms with E-state index < -0.39 is 0 Å². The first-order valence-electron chi connectivity index (χ1n) is 7.73. The number of aromatic nitrogens is 3. The van der Waals surface area contributed by atoms with Crippen LogP contribution in [0.2, 0.25) is 0 Å². The van der Waals surface area contributed by atoms with Gasteiger partial charge in [0.1, 0.15) is 12.1 Å². The molecule has 0 aliphatic heterocycles. The molecule has 0 bridgehead atoms. The van der Waals surface area contributed by atoms with Crippen molar-refractivity contribution in [3.05, 3.63) is 34.6 Å². The first kappa shape index (κ1) is 16.1. The second-order valence-electron chi connectivity index (χ2n) is 5.53. The lowest BCUT2D eigenvalue weighted by atomic mass is 10.1. The molecule has 1 aromatic carbocycles. The molecular formula is C16H22N4O2. The molecule has 6 heteroatoms. The second kappa shape index (κ2) is 7.68. The third-order valence-electron chi connectivity index (χ3n) is 3.57. The number of nitrogens with one attached hydrogen (secondary N) is 1. The van der Waals surface area contributed by atoms with Gasteiger partial charge in [0.25, 0.3) is 5.56 Å². The van der Waals surface area contributed by atoms with Crippen molar-refractivity contribution in [2.24, 2.45) is 0 Å². The summed E-state index contributed by atoms with van der Waals surface area (Å²) < 4.78 is 1.11. The van der Waals surface area contributed by atoms with Crippen molar-refractivity contribution >= 4 is 16.8 Å². The van der Waals surface area contributed by atoms with Crippen molar-refractivity contribution in [1.82, 2.24) is 20.3 Å². The average Bonchev–Trinajstić information content (AvgIpc) is 2.50. The van der Waals surface area contributed by atoms with Gasteiger partial charge < -0.3 is 5.32 Å². The molecule has 1 N–H and O–H groups in total. The van der Waals surface area contributed by atoms with Gasteiger partial charge in [0.05, 0.1) is 5.39 Å². The Bertz CT molecular complexity index is 696. The van der Waals surface area contributed by atoms with E-state index in [2.05, 4.69) is 22.6 Å². The molecule has 1 atom stereocenters. The first-order valence-corrected chi connectivity index (χ1v) is 7.73. The third kappa shape index (κ3) is 4.13. The summed E-state index contributed by atoms with van der Waals surface area (Å²) in [7, 11) is 0. The molecule has 22 heavy (non-hydrogen) atoms. The monoisotopic (exact) mass is 302 g/mol. The highest BCUT2D eigenvalue weighted by Gasteiger charge is 2.11. The predicted octanol–water partition coefficient (Wildman–Crippen LogP) is 1.88. The Balaban J connectivity index is 2.00. The Hall–Kier alpha value is -2.24. The number of nitrogens with zero attached hydrogens (tertiary/aromatic N) is 3. The predicted molar refractivity (Wildman–Crippen MR) is 85.5 cm³/mol. The number of benzene rings is 1. The first-order chi connectivity index (χ1) is 10.6. The van der Waals surface area contributed by atoms with E-state index in [1.165, 1.54) is 0 Å². The van der Waals surface area contributed by atoms with Gasteiger partial charge in [-0.3, -0.25) is 9.59 Å². The highest BCUT2D eigenvalue weighted by atomic mass is 16.2. The number of carbonyl (C=O) groups is 1. The van der Waals surface area contributed by atoms with E-state index in [1.54, 1.807) is 24.3 Å². The molecule has 2 rings (SSSR count). The summed E-state index contributed by atoms with van der Waals surface area (Å²) in [5, 5.41) is 11.2. The van der Waals surface area contributed by atoms with Gasteiger partial charge in [0.15, 0.2) is 0 Å². The Morgan fingerprint density at radius 1 is 1.32 bits per heavy atom. The van der Waals surface area contributed by atoms with Crippen LogP contribution in [0.15, 0.2) is 29.1 Å². The fourth-order valence-electron chi connectivity index (χ4n) is 2.36. The van der Waals surface area contributed by atoms with Crippen molar-refractivity contribution in [2.45, 2.75) is 52.1 Å². The Labute approximate surface area is 129 Å². The molecule has 1 unspecified atom stereocenters. The fourth-order valence-corrected chi connectivity index (χ4v) is 2.36. The van der Waals surface area contributed by atoms with Gasteiger partial charge in [0.2, 0.25) is 5.91 Å². The van der Waals surface area contributed by atoms with Crippen molar-refractivity contribution in [3.8, 4) is 0 Å². The van der Waals surface area contributed by atoms with Crippen LogP contribution in [-0.2, 0) is 11.3 Å². The lowest BCUT2D eigenvalue weighted by Crippen LogP contribution is -2.38. The molecule has 1 heterocycles. The zero-order chi connectivity index (χ0) is 15.9. The van der Waals surface area contributed by atoms with Crippen molar-refractivity contribution < 1.29 is 4.79 Å². The van der Waals surface area contributed by atoms with Crippen LogP contribution >= 0.6 is 0 Å². The maximum absolute atomic E-state index is 12.2. The minimum Gasteiger partial charge on any atom is -0.352 e. The lowest BCUT2D eigenvalue weighted by molar-refractivity contribution is -0.122. The van der Waals surface area contributed by atoms with Gasteiger partial charge in [-0.15, -0.1) is 5.10 Å². The van der Waals surface area contributed by atoms with Crippen LogP contribution in [0.25, 0.3) is 10.9 Å². The van der Waals surface area contributed by atoms with Crippen LogP contribution in [-0.4, -0.2) is 26.9 Å². The minimum atomic E-state index is -0.292. The number of hydrogen-bond acceptors (Lipinski definition) is 4. The standard InChI is InChI=1S/C16H22N4O2/c1-3-4-5-8-12(2)17-15(21)11-20-16(22)13-9-6-7-10-14(13)18-19-20/h6-7,9-10,12H,3-5,8,11H2,1-2H3,(H,17,21). The van der Waals surface area contributed by atoms with Crippen LogP contribution in [0.1, 0.15) is 39.5 Å². The summed E-state index contributed by atoms with van der Waals surface area (Å²) in [6.07, 6.45) is 4.35. The second-order valence-corrected chi connectivity index (χ2v) is 5.53. The summed E-state index contributed by atoms with van der Waals surface area (Å²) in [6, 6.07) is 7.08. The Morgan fingerprint density at radius 2 is 2.09 bits per heavy atom. The topological polar surface area (TPSA) is 76.9 Å². The molecule has 0 aliphatic carbocycles. The summed E-state index contributed by atoms with van der Waals surface area (Å²) in [4.78, 5) is 24.2. The van der Waals surface area contributed by atoms with Crippen LogP contribution in [0.5, 0.6) is 0 Å². The molecule has 0 aliphatic rings. The summed E-state index contributed by atoms with van der Waals surface area (Å²) in [6.45, 7) is 4.02. The molecule has 6 nitrogen and oxygen atoms in total. The Kier molecular flexibility index (Phi) is 5.63. The number of amides is 1. The molecule has 118 valence electrons. The zero-order valence-electron chi connectivity index (χ0n) is 13.1. The molecule has 0 saturated heterocycles. The van der Waals surface area contributed by atoms with E-state index in [0.717, 1.165) is 30.4 Å². The molecule has 0 spiro atoms. The quantitative estimate of drug-likeness (QED) is 0.792. The summed E-state index contributed by atoms with van der Waals surface area (Å²) >= 11 is 0. The molecule has 0 saturated carbocycles. The average molecular weight is 302 g/mol. The maximum atomic E-state index is 12.2. The summed E-state index contributed by atoms with van der Waals surface area (Å²) in [5.74, 6) is -0.212. The highest BCUT2D eigenvalue weighted by Crippen LogP contribution is 2.04. The molecule has 0 radical (unpaired) electrons. The number of rotatable bonds is 7. The molecular weight excluding hydrogens is 280 g/mol. The molecule has 1 amide bonds. The number of unbranched alkanes of at least 4 members (excludes halogenated alkanes) is 2. The molecule has 2 aromatic rings. The number of fused-ring (bicyclic) bond motifs is 1. The van der Waals surface area contributed by atoms with Gasteiger partial charge in [-0.1, -0.05) is 43.5 Å². The van der Waals surface area contributed by atoms with Gasteiger partial charge in [-0.2, -0.15) is 0 Å². The summed E-state index contributed by atoms with van der Waals surface area (Å²) in [5.41, 5.74) is 0.247. The van der Waals surface area contributed by atoms with E-state index in [0.29, 0.717) is 10.9 Å². The smallest absolute Gasteiger partial charge is 0.278 e. The van der Waals surface area contributed by atoms with Crippen LogP contribution < -0.4 is 10.9 Å². The van der Waals surface area contributed by atoms with E-state index >= 15 is 0 Å². The molecule has 0 fully saturated rings. The molecule has 1 aromatic heterocycles. The number of carbonyl (C=O) groups excluding carboxylic acids is 1. The van der Waals surface area contributed by atoms with Gasteiger partial charge >= 0.3 is 0 Å². The van der Waals surface area contributed by atoms with E-state index in [-0.39, 0.29) is 24.1 Å². The van der Waals surface area contributed by atoms with Gasteiger partial charge in [-0.05, 0) is 25.5 Å². The zero-order valence-corrected chi connectivity index (χ0v) is 13.1. The normalized spacial score (nSPS) is 12.3. The van der Waals surface area contributed by atoms with E-state index in [9.17, 15) is 9.59 Å². The SMILES string of the molecule is CCCCCC(C)NC(=O)Cn1nnc2ccccc2c1=O. The largest absolute Gasteiger partial charge is 0.352 e. The Morgan fingerprint density at radius 3 is 2.86 bits per heavy atom. The number of hydrogen-bond donors (Lipinski definition) is 1. The third-order valence-corrected chi connectivity index (χ3v) is 3.57. The van der Waals surface area contributed by atoms with Crippen molar-refractivity contribution in [1.29, 1.82) is 0 Å². The lowest BCUT2D eigenvalue weighted by Gasteiger charge is -2.13. The van der Waals surface area contributed by atoms with Gasteiger partial charge in [0, 0.05) is 6.04 Å². The minimum absolute atomic E-state index is 0.100. The van der Waals surface area contributed by atoms with Crippen molar-refractivity contribution in [2.75, 3.05) is 0 Å². The fraction of sp³-hybridized carbons (Fsp3) is 0.500. The maximum Gasteiger partial charge on any atom is 0.278 e. The van der Waals surface area contributed by atoms with Crippen LogP contribution in [0.3, 0.4) is 0 Å².